The molecule has 0 unspecified atom stereocenters. The zero-order chi connectivity index (χ0) is 10.5. The number of hydrogen-bond donors (Lipinski definition) is 0. The average Bonchev–Trinajstić information content (AvgIpc) is 2.31. The van der Waals surface area contributed by atoms with Crippen molar-refractivity contribution in [1.82, 2.24) is 4.90 Å². The molecule has 1 aliphatic rings. The summed E-state index contributed by atoms with van der Waals surface area (Å²) in [6.07, 6.45) is 2.05. The Bertz CT molecular complexity index is 331. The molecule has 0 aliphatic carbocycles. The molecule has 1 aromatic rings. The van der Waals surface area contributed by atoms with Gasteiger partial charge in [0.25, 0.3) is 0 Å². The fraction of sp³-hybridized carbons (Fsp3) is 0.462. The summed E-state index contributed by atoms with van der Waals surface area (Å²) < 4.78 is 0. The second-order valence-corrected chi connectivity index (χ2v) is 4.09. The lowest BCUT2D eigenvalue weighted by atomic mass is 9.98. The minimum atomic E-state index is 0.283. The second kappa shape index (κ2) is 4.95. The van der Waals surface area contributed by atoms with Crippen molar-refractivity contribution in [2.45, 2.75) is 19.4 Å². The van der Waals surface area contributed by atoms with Gasteiger partial charge in [-0.25, -0.2) is 0 Å². The molecule has 0 spiro atoms. The lowest BCUT2D eigenvalue weighted by molar-refractivity contribution is 0.198. The Labute approximate surface area is 91.1 Å². The molecule has 15 heavy (non-hydrogen) atoms. The van der Waals surface area contributed by atoms with E-state index in [1.807, 2.05) is 12.1 Å². The molecule has 2 heteroatoms. The normalized spacial score (nSPS) is 18.6. The highest BCUT2D eigenvalue weighted by Crippen LogP contribution is 2.17. The van der Waals surface area contributed by atoms with Crippen LogP contribution in [-0.4, -0.2) is 18.0 Å². The van der Waals surface area contributed by atoms with Gasteiger partial charge < -0.3 is 0 Å². The number of hydrogen-bond acceptors (Lipinski definition) is 2. The quantitative estimate of drug-likeness (QED) is 0.730. The first kappa shape index (κ1) is 10.2. The fourth-order valence-electron chi connectivity index (χ4n) is 2.01. The standard InChI is InChI=1S/C13H15N2/c14-10-12-6-8-15(9-7-12)11-13-4-2-1-3-5-13/h2-5,12H,6-9,11H2. The molecule has 0 N–H and O–H groups in total. The molecular formula is C13H15N2. The van der Waals surface area contributed by atoms with Crippen LogP contribution in [0.1, 0.15) is 18.4 Å². The third-order valence-corrected chi connectivity index (χ3v) is 2.96. The van der Waals surface area contributed by atoms with Crippen molar-refractivity contribution in [2.24, 2.45) is 5.92 Å². The number of nitriles is 1. The van der Waals surface area contributed by atoms with Gasteiger partial charge in [-0.1, -0.05) is 24.3 Å². The van der Waals surface area contributed by atoms with E-state index < -0.39 is 0 Å². The third kappa shape index (κ3) is 2.81. The maximum atomic E-state index is 8.79. The van der Waals surface area contributed by atoms with Crippen molar-refractivity contribution >= 4 is 0 Å². The van der Waals surface area contributed by atoms with E-state index in [1.165, 1.54) is 5.56 Å². The summed E-state index contributed by atoms with van der Waals surface area (Å²) in [5, 5.41) is 8.79. The molecule has 0 aromatic heterocycles. The lowest BCUT2D eigenvalue weighted by Gasteiger charge is -2.28. The predicted octanol–water partition coefficient (Wildman–Crippen LogP) is 2.22. The molecule has 1 radical (unpaired) electrons. The summed E-state index contributed by atoms with van der Waals surface area (Å²) in [6.45, 7) is 3.11. The monoisotopic (exact) mass is 199 g/mol. The van der Waals surface area contributed by atoms with Gasteiger partial charge in [-0.3, -0.25) is 4.90 Å². The van der Waals surface area contributed by atoms with E-state index in [0.717, 1.165) is 32.5 Å². The summed E-state index contributed by atoms with van der Waals surface area (Å²) in [7, 11) is 0. The summed E-state index contributed by atoms with van der Waals surface area (Å²) in [5.41, 5.74) is 1.34. The van der Waals surface area contributed by atoms with Crippen LogP contribution < -0.4 is 0 Å². The van der Waals surface area contributed by atoms with E-state index in [4.69, 9.17) is 5.26 Å². The Morgan fingerprint density at radius 3 is 2.60 bits per heavy atom. The molecule has 1 aliphatic heterocycles. The van der Waals surface area contributed by atoms with Crippen molar-refractivity contribution in [3.63, 3.8) is 0 Å². The molecule has 1 fully saturated rings. The largest absolute Gasteiger partial charge is 0.299 e. The smallest absolute Gasteiger partial charge is 0.0656 e. The molecule has 0 saturated carbocycles. The van der Waals surface area contributed by atoms with Gasteiger partial charge in [-0.05, 0) is 37.6 Å². The van der Waals surface area contributed by atoms with Crippen molar-refractivity contribution in [3.05, 3.63) is 35.9 Å². The van der Waals surface area contributed by atoms with Gasteiger partial charge in [-0.2, -0.15) is 5.26 Å². The summed E-state index contributed by atoms with van der Waals surface area (Å²) in [6, 6.07) is 13.5. The van der Waals surface area contributed by atoms with E-state index in [1.54, 1.807) is 0 Å². The van der Waals surface area contributed by atoms with Gasteiger partial charge in [-0.15, -0.1) is 0 Å². The van der Waals surface area contributed by atoms with Crippen LogP contribution >= 0.6 is 0 Å². The van der Waals surface area contributed by atoms with Crippen molar-refractivity contribution < 1.29 is 0 Å². The third-order valence-electron chi connectivity index (χ3n) is 2.96. The van der Waals surface area contributed by atoms with Crippen LogP contribution in [0.25, 0.3) is 0 Å². The molecule has 2 rings (SSSR count). The summed E-state index contributed by atoms with van der Waals surface area (Å²) >= 11 is 0. The van der Waals surface area contributed by atoms with Gasteiger partial charge in [0.05, 0.1) is 6.07 Å². The minimum absolute atomic E-state index is 0.283. The minimum Gasteiger partial charge on any atom is -0.299 e. The van der Waals surface area contributed by atoms with E-state index in [0.29, 0.717) is 0 Å². The molecule has 1 heterocycles. The summed E-state index contributed by atoms with van der Waals surface area (Å²) in [5.74, 6) is 0.283. The predicted molar refractivity (Wildman–Crippen MR) is 58.9 cm³/mol. The number of benzene rings is 1. The van der Waals surface area contributed by atoms with Crippen LogP contribution in [0.5, 0.6) is 0 Å². The summed E-state index contributed by atoms with van der Waals surface area (Å²) in [4.78, 5) is 2.42. The van der Waals surface area contributed by atoms with Crippen LogP contribution in [0, 0.1) is 23.3 Å². The molecule has 2 nitrogen and oxygen atoms in total. The van der Waals surface area contributed by atoms with Crippen LogP contribution in [-0.2, 0) is 6.54 Å². The molecular weight excluding hydrogens is 184 g/mol. The molecule has 0 amide bonds. The lowest BCUT2D eigenvalue weighted by Crippen LogP contribution is -2.32. The Morgan fingerprint density at radius 1 is 1.33 bits per heavy atom. The van der Waals surface area contributed by atoms with E-state index >= 15 is 0 Å². The van der Waals surface area contributed by atoms with Gasteiger partial charge in [0.2, 0.25) is 0 Å². The molecule has 1 saturated heterocycles. The van der Waals surface area contributed by atoms with Gasteiger partial charge in [0.15, 0.2) is 0 Å². The van der Waals surface area contributed by atoms with Crippen molar-refractivity contribution in [2.75, 3.05) is 13.1 Å². The Kier molecular flexibility index (Phi) is 3.37. The number of rotatable bonds is 2. The van der Waals surface area contributed by atoms with Crippen LogP contribution in [0.15, 0.2) is 24.3 Å². The fourth-order valence-corrected chi connectivity index (χ4v) is 2.01. The highest BCUT2D eigenvalue weighted by atomic mass is 15.1. The Hall–Kier alpha value is -1.33. The first-order valence-corrected chi connectivity index (χ1v) is 5.45. The Morgan fingerprint density at radius 2 is 2.00 bits per heavy atom. The molecule has 77 valence electrons. The molecule has 0 atom stereocenters. The van der Waals surface area contributed by atoms with Crippen LogP contribution in [0.2, 0.25) is 0 Å². The first-order chi connectivity index (χ1) is 7.38. The van der Waals surface area contributed by atoms with Crippen molar-refractivity contribution in [3.8, 4) is 6.07 Å². The number of piperidine rings is 1. The zero-order valence-electron chi connectivity index (χ0n) is 8.82. The second-order valence-electron chi connectivity index (χ2n) is 4.09. The maximum Gasteiger partial charge on any atom is 0.0656 e. The molecule has 1 aromatic carbocycles. The maximum absolute atomic E-state index is 8.79. The van der Waals surface area contributed by atoms with E-state index in [9.17, 15) is 0 Å². The van der Waals surface area contributed by atoms with Crippen molar-refractivity contribution in [1.29, 1.82) is 5.26 Å². The van der Waals surface area contributed by atoms with E-state index in [2.05, 4.69) is 29.2 Å². The molecule has 0 bridgehead atoms. The zero-order valence-corrected chi connectivity index (χ0v) is 8.82. The highest BCUT2D eigenvalue weighted by molar-refractivity contribution is 5.13. The van der Waals surface area contributed by atoms with E-state index in [-0.39, 0.29) is 5.92 Å². The average molecular weight is 199 g/mol. The van der Waals surface area contributed by atoms with Crippen LogP contribution in [0.4, 0.5) is 0 Å². The van der Waals surface area contributed by atoms with Gasteiger partial charge in [0, 0.05) is 12.5 Å². The van der Waals surface area contributed by atoms with Crippen LogP contribution in [0.3, 0.4) is 0 Å². The topological polar surface area (TPSA) is 27.0 Å². The highest BCUT2D eigenvalue weighted by Gasteiger charge is 2.18. The number of likely N-dealkylation sites (tertiary alicyclic amines) is 1. The Balaban J connectivity index is 1.85. The first-order valence-electron chi connectivity index (χ1n) is 5.45. The van der Waals surface area contributed by atoms with Gasteiger partial charge >= 0.3 is 0 Å². The SMILES string of the molecule is N#CC1CCN(Cc2cc[c]cc2)CC1. The van der Waals surface area contributed by atoms with Gasteiger partial charge in [0.1, 0.15) is 0 Å². The number of nitrogens with zero attached hydrogens (tertiary/aromatic N) is 2.